The summed E-state index contributed by atoms with van der Waals surface area (Å²) in [5.41, 5.74) is 1.35. The molecule has 0 aliphatic carbocycles. The van der Waals surface area contributed by atoms with Crippen LogP contribution in [0, 0.1) is 0 Å². The topological polar surface area (TPSA) is 43.6 Å². The van der Waals surface area contributed by atoms with Gasteiger partial charge in [0.05, 0.1) is 24.8 Å². The second-order valence-electron chi connectivity index (χ2n) is 4.27. The average Bonchev–Trinajstić information content (AvgIpc) is 2.99. The molecule has 0 fully saturated rings. The fourth-order valence-electron chi connectivity index (χ4n) is 2.02. The molecular formula is C14H11BrN2O2S. The van der Waals surface area contributed by atoms with E-state index in [-0.39, 0.29) is 12.2 Å². The molecule has 0 saturated heterocycles. The Kier molecular flexibility index (Phi) is 3.58. The fraction of sp³-hybridized carbons (Fsp3) is 0.143. The van der Waals surface area contributed by atoms with Crippen LogP contribution in [0.4, 0.5) is 0 Å². The van der Waals surface area contributed by atoms with Crippen LogP contribution < -0.4 is 4.74 Å². The number of hydrogen-bond donors (Lipinski definition) is 0. The number of carbonyl (C=O) groups excluding carboxylic acids is 1. The smallest absolute Gasteiger partial charge is 0.193 e. The van der Waals surface area contributed by atoms with Crippen LogP contribution in [0.25, 0.3) is 4.96 Å². The Morgan fingerprint density at radius 1 is 1.50 bits per heavy atom. The summed E-state index contributed by atoms with van der Waals surface area (Å²) in [6.07, 6.45) is 4.09. The molecule has 102 valence electrons. The fourth-order valence-corrected chi connectivity index (χ4v) is 3.08. The summed E-state index contributed by atoms with van der Waals surface area (Å²) in [6, 6.07) is 5.39. The number of ether oxygens (including phenoxy) is 1. The molecule has 1 aromatic carbocycles. The zero-order valence-corrected chi connectivity index (χ0v) is 13.1. The molecule has 2 heterocycles. The first-order chi connectivity index (χ1) is 9.67. The highest BCUT2D eigenvalue weighted by Gasteiger charge is 2.15. The Morgan fingerprint density at radius 3 is 3.10 bits per heavy atom. The van der Waals surface area contributed by atoms with Crippen LogP contribution in [-0.2, 0) is 6.42 Å². The molecule has 3 rings (SSSR count). The van der Waals surface area contributed by atoms with Gasteiger partial charge in [-0.1, -0.05) is 15.9 Å². The van der Waals surface area contributed by atoms with Crippen molar-refractivity contribution in [3.8, 4) is 5.75 Å². The van der Waals surface area contributed by atoms with Gasteiger partial charge in [0, 0.05) is 22.2 Å². The van der Waals surface area contributed by atoms with Crippen LogP contribution >= 0.6 is 27.3 Å². The summed E-state index contributed by atoms with van der Waals surface area (Å²) in [5.74, 6) is 0.575. The van der Waals surface area contributed by atoms with Crippen molar-refractivity contribution in [3.05, 3.63) is 51.7 Å². The molecule has 0 saturated carbocycles. The van der Waals surface area contributed by atoms with Crippen molar-refractivity contribution in [2.45, 2.75) is 6.42 Å². The minimum Gasteiger partial charge on any atom is -0.496 e. The first-order valence-electron chi connectivity index (χ1n) is 5.95. The third-order valence-corrected chi connectivity index (χ3v) is 4.21. The third kappa shape index (κ3) is 2.48. The lowest BCUT2D eigenvalue weighted by Gasteiger charge is -2.07. The van der Waals surface area contributed by atoms with Crippen molar-refractivity contribution in [3.63, 3.8) is 0 Å². The summed E-state index contributed by atoms with van der Waals surface area (Å²) < 4.78 is 8.06. The van der Waals surface area contributed by atoms with Crippen LogP contribution in [0.5, 0.6) is 5.75 Å². The molecule has 0 aliphatic heterocycles. The third-order valence-electron chi connectivity index (χ3n) is 2.95. The summed E-state index contributed by atoms with van der Waals surface area (Å²) >= 11 is 4.92. The van der Waals surface area contributed by atoms with E-state index in [2.05, 4.69) is 20.9 Å². The summed E-state index contributed by atoms with van der Waals surface area (Å²) in [4.78, 5) is 17.7. The Hall–Kier alpha value is -1.66. The molecule has 0 aliphatic rings. The monoisotopic (exact) mass is 350 g/mol. The molecule has 2 aromatic heterocycles. The quantitative estimate of drug-likeness (QED) is 0.675. The largest absolute Gasteiger partial charge is 0.496 e. The van der Waals surface area contributed by atoms with E-state index in [1.165, 1.54) is 0 Å². The molecule has 4 nitrogen and oxygen atoms in total. The first-order valence-corrected chi connectivity index (χ1v) is 7.62. The number of rotatable bonds is 4. The molecule has 0 spiro atoms. The molecule has 6 heteroatoms. The number of imidazole rings is 1. The maximum Gasteiger partial charge on any atom is 0.193 e. The van der Waals surface area contributed by atoms with Gasteiger partial charge < -0.3 is 4.74 Å². The minimum atomic E-state index is 0.0000954. The molecule has 0 amide bonds. The number of hydrogen-bond acceptors (Lipinski definition) is 4. The van der Waals surface area contributed by atoms with E-state index in [9.17, 15) is 4.79 Å². The Morgan fingerprint density at radius 2 is 2.35 bits per heavy atom. The number of halogens is 1. The number of nitrogens with zero attached hydrogens (tertiary/aromatic N) is 2. The van der Waals surface area contributed by atoms with Crippen LogP contribution in [0.3, 0.4) is 0 Å². The number of Topliss-reactive ketones (excluding diaryl/α,β-unsaturated/α-hetero) is 1. The number of methoxy groups -OCH3 is 1. The lowest BCUT2D eigenvalue weighted by atomic mass is 10.1. The second-order valence-corrected chi connectivity index (χ2v) is 6.06. The predicted octanol–water partition coefficient (Wildman–Crippen LogP) is 3.59. The molecule has 0 N–H and O–H groups in total. The molecular weight excluding hydrogens is 340 g/mol. The Labute approximate surface area is 128 Å². The average molecular weight is 351 g/mol. The van der Waals surface area contributed by atoms with E-state index in [0.29, 0.717) is 11.3 Å². The minimum absolute atomic E-state index is 0.0000954. The van der Waals surface area contributed by atoms with E-state index >= 15 is 0 Å². The number of ketones is 1. The first kappa shape index (κ1) is 13.3. The number of aromatic nitrogens is 2. The van der Waals surface area contributed by atoms with Gasteiger partial charge in [0.15, 0.2) is 10.7 Å². The van der Waals surface area contributed by atoms with Crippen molar-refractivity contribution in [2.75, 3.05) is 7.11 Å². The van der Waals surface area contributed by atoms with Crippen molar-refractivity contribution in [1.82, 2.24) is 9.38 Å². The Balaban J connectivity index is 1.87. The van der Waals surface area contributed by atoms with Crippen LogP contribution in [-0.4, -0.2) is 22.3 Å². The van der Waals surface area contributed by atoms with E-state index in [1.54, 1.807) is 30.6 Å². The van der Waals surface area contributed by atoms with Gasteiger partial charge in [0.1, 0.15) is 5.75 Å². The van der Waals surface area contributed by atoms with Gasteiger partial charge in [-0.25, -0.2) is 4.98 Å². The predicted molar refractivity (Wildman–Crippen MR) is 81.8 cm³/mol. The number of carbonyl (C=O) groups is 1. The lowest BCUT2D eigenvalue weighted by Crippen LogP contribution is -2.06. The summed E-state index contributed by atoms with van der Waals surface area (Å²) in [6.45, 7) is 0. The zero-order chi connectivity index (χ0) is 14.1. The van der Waals surface area contributed by atoms with Gasteiger partial charge in [-0.05, 0) is 18.2 Å². The number of benzene rings is 1. The molecule has 0 atom stereocenters. The van der Waals surface area contributed by atoms with Gasteiger partial charge in [-0.15, -0.1) is 11.3 Å². The van der Waals surface area contributed by atoms with Gasteiger partial charge >= 0.3 is 0 Å². The molecule has 0 bridgehead atoms. The summed E-state index contributed by atoms with van der Waals surface area (Å²) in [5, 5.41) is 1.96. The maximum atomic E-state index is 12.4. The zero-order valence-electron chi connectivity index (χ0n) is 10.7. The van der Waals surface area contributed by atoms with E-state index in [0.717, 1.165) is 15.1 Å². The maximum absolute atomic E-state index is 12.4. The SMILES string of the molecule is COc1cc(Br)ccc1C(=O)Cc1cn2ccsc2n1. The normalized spacial score (nSPS) is 10.9. The van der Waals surface area contributed by atoms with Crippen molar-refractivity contribution in [1.29, 1.82) is 0 Å². The van der Waals surface area contributed by atoms with Gasteiger partial charge in [0.25, 0.3) is 0 Å². The standard InChI is InChI=1S/C14H11BrN2O2S/c1-19-13-6-9(15)2-3-11(13)12(18)7-10-8-17-4-5-20-14(17)16-10/h2-6,8H,7H2,1H3. The highest BCUT2D eigenvalue weighted by molar-refractivity contribution is 9.10. The van der Waals surface area contributed by atoms with Gasteiger partial charge in [-0.2, -0.15) is 0 Å². The lowest BCUT2D eigenvalue weighted by molar-refractivity contribution is 0.0989. The van der Waals surface area contributed by atoms with E-state index in [4.69, 9.17) is 4.74 Å². The van der Waals surface area contributed by atoms with Crippen LogP contribution in [0.1, 0.15) is 16.1 Å². The highest BCUT2D eigenvalue weighted by Crippen LogP contribution is 2.25. The van der Waals surface area contributed by atoms with Gasteiger partial charge in [0.2, 0.25) is 0 Å². The number of fused-ring (bicyclic) bond motifs is 1. The van der Waals surface area contributed by atoms with Crippen molar-refractivity contribution < 1.29 is 9.53 Å². The second kappa shape index (κ2) is 5.38. The van der Waals surface area contributed by atoms with Crippen molar-refractivity contribution >= 4 is 38.0 Å². The van der Waals surface area contributed by atoms with E-state index in [1.807, 2.05) is 28.2 Å². The van der Waals surface area contributed by atoms with Crippen molar-refractivity contribution in [2.24, 2.45) is 0 Å². The highest BCUT2D eigenvalue weighted by atomic mass is 79.9. The number of thiazole rings is 1. The van der Waals surface area contributed by atoms with Crippen LogP contribution in [0.2, 0.25) is 0 Å². The van der Waals surface area contributed by atoms with Gasteiger partial charge in [-0.3, -0.25) is 9.20 Å². The van der Waals surface area contributed by atoms with Crippen LogP contribution in [0.15, 0.2) is 40.4 Å². The molecule has 20 heavy (non-hydrogen) atoms. The summed E-state index contributed by atoms with van der Waals surface area (Å²) in [7, 11) is 1.56. The Bertz CT molecular complexity index is 750. The molecule has 3 aromatic rings. The molecule has 0 radical (unpaired) electrons. The molecule has 0 unspecified atom stereocenters. The van der Waals surface area contributed by atoms with E-state index < -0.39 is 0 Å².